The van der Waals surface area contributed by atoms with E-state index >= 15 is 0 Å². The van der Waals surface area contributed by atoms with E-state index in [4.69, 9.17) is 16.3 Å². The van der Waals surface area contributed by atoms with Crippen molar-refractivity contribution < 1.29 is 13.9 Å². The van der Waals surface area contributed by atoms with E-state index in [-0.39, 0.29) is 12.5 Å². The number of benzene rings is 2. The predicted molar refractivity (Wildman–Crippen MR) is 75.5 cm³/mol. The van der Waals surface area contributed by atoms with Crippen molar-refractivity contribution in [1.82, 2.24) is 5.32 Å². The number of amides is 2. The molecule has 0 radical (unpaired) electrons. The Kier molecular flexibility index (Phi) is 4.79. The van der Waals surface area contributed by atoms with Crippen LogP contribution in [0.4, 0.5) is 14.9 Å². The fourth-order valence-electron chi connectivity index (χ4n) is 1.42. The summed E-state index contributed by atoms with van der Waals surface area (Å²) >= 11 is 5.74. The minimum Gasteiger partial charge on any atom is -0.473 e. The number of ether oxygens (including phenoxy) is 1. The molecule has 0 bridgehead atoms. The van der Waals surface area contributed by atoms with Gasteiger partial charge >= 0.3 is 6.03 Å². The van der Waals surface area contributed by atoms with Gasteiger partial charge in [-0.3, -0.25) is 0 Å². The number of halogens is 2. The maximum absolute atomic E-state index is 12.7. The van der Waals surface area contributed by atoms with Crippen molar-refractivity contribution in [2.45, 2.75) is 0 Å². The van der Waals surface area contributed by atoms with E-state index < -0.39 is 6.03 Å². The summed E-state index contributed by atoms with van der Waals surface area (Å²) in [5.74, 6) is 0.235. The third-order valence-electron chi connectivity index (χ3n) is 2.39. The minimum atomic E-state index is -0.439. The second-order valence-electron chi connectivity index (χ2n) is 3.88. The second kappa shape index (κ2) is 6.77. The molecule has 0 saturated carbocycles. The highest BCUT2D eigenvalue weighted by atomic mass is 35.5. The van der Waals surface area contributed by atoms with Crippen molar-refractivity contribution in [1.29, 1.82) is 0 Å². The SMILES string of the molecule is O=C(NCOc1ccc(Cl)cc1)Nc1ccc(F)cc1. The van der Waals surface area contributed by atoms with Crippen LogP contribution in [0.1, 0.15) is 0 Å². The zero-order valence-electron chi connectivity index (χ0n) is 10.4. The van der Waals surface area contributed by atoms with Crippen LogP contribution in [-0.2, 0) is 0 Å². The molecule has 0 fully saturated rings. The zero-order valence-corrected chi connectivity index (χ0v) is 11.2. The summed E-state index contributed by atoms with van der Waals surface area (Å²) in [5, 5.41) is 5.67. The van der Waals surface area contributed by atoms with Gasteiger partial charge in [0.15, 0.2) is 6.73 Å². The van der Waals surface area contributed by atoms with Gasteiger partial charge in [0.2, 0.25) is 0 Å². The highest BCUT2D eigenvalue weighted by Crippen LogP contribution is 2.15. The summed E-state index contributed by atoms with van der Waals surface area (Å²) < 4.78 is 18.0. The van der Waals surface area contributed by atoms with Crippen molar-refractivity contribution in [2.24, 2.45) is 0 Å². The Morgan fingerprint density at radius 2 is 1.75 bits per heavy atom. The average molecular weight is 295 g/mol. The Balaban J connectivity index is 1.75. The van der Waals surface area contributed by atoms with Gasteiger partial charge in [-0.1, -0.05) is 11.6 Å². The molecule has 0 heterocycles. The quantitative estimate of drug-likeness (QED) is 0.846. The molecule has 0 saturated heterocycles. The number of carbonyl (C=O) groups excluding carboxylic acids is 1. The molecular formula is C14H12ClFN2O2. The monoisotopic (exact) mass is 294 g/mol. The smallest absolute Gasteiger partial charge is 0.321 e. The van der Waals surface area contributed by atoms with Gasteiger partial charge in [-0.05, 0) is 48.5 Å². The van der Waals surface area contributed by atoms with E-state index in [1.807, 2.05) is 0 Å². The van der Waals surface area contributed by atoms with E-state index in [9.17, 15) is 9.18 Å². The lowest BCUT2D eigenvalue weighted by atomic mass is 10.3. The largest absolute Gasteiger partial charge is 0.473 e. The Bertz CT molecular complexity index is 573. The summed E-state index contributed by atoms with van der Waals surface area (Å²) in [6.07, 6.45) is 0. The predicted octanol–water partition coefficient (Wildman–Crippen LogP) is 3.64. The highest BCUT2D eigenvalue weighted by molar-refractivity contribution is 6.30. The molecule has 2 rings (SSSR count). The van der Waals surface area contributed by atoms with Crippen molar-refractivity contribution in [3.05, 3.63) is 59.4 Å². The van der Waals surface area contributed by atoms with Crippen molar-refractivity contribution in [3.8, 4) is 5.75 Å². The third kappa shape index (κ3) is 4.44. The van der Waals surface area contributed by atoms with Crippen LogP contribution in [0.25, 0.3) is 0 Å². The Hall–Kier alpha value is -2.27. The molecule has 6 heteroatoms. The average Bonchev–Trinajstić information content (AvgIpc) is 2.44. The summed E-state index contributed by atoms with van der Waals surface area (Å²) in [6.45, 7) is 0.00859. The van der Waals surface area contributed by atoms with Crippen LogP contribution in [0.15, 0.2) is 48.5 Å². The van der Waals surface area contributed by atoms with Gasteiger partial charge in [0.05, 0.1) is 0 Å². The van der Waals surface area contributed by atoms with E-state index in [1.165, 1.54) is 24.3 Å². The van der Waals surface area contributed by atoms with Crippen molar-refractivity contribution in [3.63, 3.8) is 0 Å². The first-order valence-corrected chi connectivity index (χ1v) is 6.20. The molecule has 0 aliphatic rings. The van der Waals surface area contributed by atoms with Crippen LogP contribution in [0, 0.1) is 5.82 Å². The standard InChI is InChI=1S/C14H12ClFN2O2/c15-10-1-7-13(8-2-10)20-9-17-14(19)18-12-5-3-11(16)4-6-12/h1-8H,9H2,(H2,17,18,19). The molecule has 0 aromatic heterocycles. The number of anilines is 1. The van der Waals surface area contributed by atoms with Crippen LogP contribution >= 0.6 is 11.6 Å². The molecule has 104 valence electrons. The van der Waals surface area contributed by atoms with Gasteiger partial charge in [-0.25, -0.2) is 9.18 Å². The van der Waals surface area contributed by atoms with Crippen LogP contribution in [-0.4, -0.2) is 12.8 Å². The molecule has 4 nitrogen and oxygen atoms in total. The highest BCUT2D eigenvalue weighted by Gasteiger charge is 2.01. The Morgan fingerprint density at radius 1 is 1.10 bits per heavy atom. The topological polar surface area (TPSA) is 50.4 Å². The zero-order chi connectivity index (χ0) is 14.4. The van der Waals surface area contributed by atoms with Crippen LogP contribution in [0.2, 0.25) is 5.02 Å². The van der Waals surface area contributed by atoms with Gasteiger partial charge < -0.3 is 15.4 Å². The van der Waals surface area contributed by atoms with Crippen molar-refractivity contribution >= 4 is 23.3 Å². The van der Waals surface area contributed by atoms with E-state index in [2.05, 4.69) is 10.6 Å². The number of nitrogens with one attached hydrogen (secondary N) is 2. The molecule has 0 aliphatic heterocycles. The maximum atomic E-state index is 12.7. The lowest BCUT2D eigenvalue weighted by Crippen LogP contribution is -2.31. The van der Waals surface area contributed by atoms with Crippen LogP contribution < -0.4 is 15.4 Å². The Labute approximate surface area is 120 Å². The van der Waals surface area contributed by atoms with E-state index in [1.54, 1.807) is 24.3 Å². The minimum absolute atomic E-state index is 0.00859. The van der Waals surface area contributed by atoms with E-state index in [0.717, 1.165) is 0 Å². The number of hydrogen-bond acceptors (Lipinski definition) is 2. The first kappa shape index (κ1) is 14.1. The number of carbonyl (C=O) groups is 1. The first-order valence-electron chi connectivity index (χ1n) is 5.82. The van der Waals surface area contributed by atoms with Gasteiger partial charge in [0, 0.05) is 10.7 Å². The summed E-state index contributed by atoms with van der Waals surface area (Å²) in [6, 6.07) is 11.8. The van der Waals surface area contributed by atoms with Gasteiger partial charge in [-0.2, -0.15) is 0 Å². The maximum Gasteiger partial charge on any atom is 0.321 e. The summed E-state index contributed by atoms with van der Waals surface area (Å²) in [5.41, 5.74) is 0.496. The molecule has 2 aromatic carbocycles. The van der Waals surface area contributed by atoms with Gasteiger partial charge in [-0.15, -0.1) is 0 Å². The number of hydrogen-bond donors (Lipinski definition) is 2. The normalized spacial score (nSPS) is 9.90. The van der Waals surface area contributed by atoms with Crippen LogP contribution in [0.3, 0.4) is 0 Å². The molecule has 2 aromatic rings. The van der Waals surface area contributed by atoms with Gasteiger partial charge in [0.1, 0.15) is 11.6 Å². The number of urea groups is 1. The lowest BCUT2D eigenvalue weighted by Gasteiger charge is -2.09. The van der Waals surface area contributed by atoms with Crippen molar-refractivity contribution in [2.75, 3.05) is 12.0 Å². The molecule has 20 heavy (non-hydrogen) atoms. The molecule has 0 spiro atoms. The third-order valence-corrected chi connectivity index (χ3v) is 2.64. The fraction of sp³-hybridized carbons (Fsp3) is 0.0714. The lowest BCUT2D eigenvalue weighted by molar-refractivity contribution is 0.234. The first-order chi connectivity index (χ1) is 9.63. The summed E-state index contributed by atoms with van der Waals surface area (Å²) in [4.78, 5) is 11.5. The van der Waals surface area contributed by atoms with Crippen LogP contribution in [0.5, 0.6) is 5.75 Å². The molecular weight excluding hydrogens is 283 g/mol. The molecule has 0 unspecified atom stereocenters. The van der Waals surface area contributed by atoms with Gasteiger partial charge in [0.25, 0.3) is 0 Å². The summed E-state index contributed by atoms with van der Waals surface area (Å²) in [7, 11) is 0. The molecule has 0 atom stereocenters. The number of rotatable bonds is 4. The fourth-order valence-corrected chi connectivity index (χ4v) is 1.55. The molecule has 2 amide bonds. The second-order valence-corrected chi connectivity index (χ2v) is 4.32. The molecule has 0 aliphatic carbocycles. The van der Waals surface area contributed by atoms with E-state index in [0.29, 0.717) is 16.5 Å². The molecule has 2 N–H and O–H groups in total. The Morgan fingerprint density at radius 3 is 2.40 bits per heavy atom.